The Kier molecular flexibility index (Phi) is 4.92. The molecule has 0 bridgehead atoms. The summed E-state index contributed by atoms with van der Waals surface area (Å²) >= 11 is 5.96. The number of halogens is 1. The maximum atomic E-state index is 12.9. The minimum atomic E-state index is -0.225. The third-order valence-electron chi connectivity index (χ3n) is 4.15. The highest BCUT2D eigenvalue weighted by Gasteiger charge is 2.41. The van der Waals surface area contributed by atoms with E-state index in [1.165, 1.54) is 4.90 Å². The van der Waals surface area contributed by atoms with Gasteiger partial charge in [-0.2, -0.15) is 0 Å². The van der Waals surface area contributed by atoms with Gasteiger partial charge in [0.2, 0.25) is 0 Å². The number of imide groups is 1. The predicted molar refractivity (Wildman–Crippen MR) is 92.3 cm³/mol. The first kappa shape index (κ1) is 17.0. The van der Waals surface area contributed by atoms with Crippen molar-refractivity contribution in [2.24, 2.45) is 5.92 Å². The summed E-state index contributed by atoms with van der Waals surface area (Å²) in [7, 11) is 0. The smallest absolute Gasteiger partial charge is 0.277 e. The average molecular weight is 349 g/mol. The highest BCUT2D eigenvalue weighted by molar-refractivity contribution is 6.36. The van der Waals surface area contributed by atoms with E-state index in [-0.39, 0.29) is 17.7 Å². The quantitative estimate of drug-likeness (QED) is 0.784. The first-order valence-corrected chi connectivity index (χ1v) is 8.56. The Bertz CT molecular complexity index is 676. The Labute approximate surface area is 146 Å². The molecule has 1 aromatic carbocycles. The van der Waals surface area contributed by atoms with Crippen LogP contribution in [0.2, 0.25) is 5.02 Å². The minimum Gasteiger partial charge on any atom is -0.378 e. The molecule has 1 saturated heterocycles. The topological polar surface area (TPSA) is 49.9 Å². The SMILES string of the molecule is CC(C)CN1C(=O)C(c2ccc(Cl)cc2)=C(N2CCOCC2)C1=O. The van der Waals surface area contributed by atoms with Crippen molar-refractivity contribution >= 4 is 29.0 Å². The molecule has 3 rings (SSSR count). The van der Waals surface area contributed by atoms with Crippen LogP contribution in [0.1, 0.15) is 19.4 Å². The molecule has 0 aromatic heterocycles. The molecule has 0 radical (unpaired) electrons. The van der Waals surface area contributed by atoms with Gasteiger partial charge in [-0.1, -0.05) is 37.6 Å². The van der Waals surface area contributed by atoms with Crippen LogP contribution in [0.25, 0.3) is 5.57 Å². The Morgan fingerprint density at radius 3 is 2.29 bits per heavy atom. The molecule has 2 aliphatic rings. The lowest BCUT2D eigenvalue weighted by atomic mass is 10.0. The van der Waals surface area contributed by atoms with E-state index in [1.807, 2.05) is 18.7 Å². The fourth-order valence-corrected chi connectivity index (χ4v) is 3.18. The normalized spacial score (nSPS) is 19.0. The number of benzene rings is 1. The molecule has 6 heteroatoms. The molecule has 24 heavy (non-hydrogen) atoms. The second-order valence-electron chi connectivity index (χ2n) is 6.44. The second-order valence-corrected chi connectivity index (χ2v) is 6.88. The lowest BCUT2D eigenvalue weighted by Crippen LogP contribution is -2.41. The monoisotopic (exact) mass is 348 g/mol. The van der Waals surface area contributed by atoms with Crippen LogP contribution in [0.5, 0.6) is 0 Å². The molecule has 0 atom stereocenters. The van der Waals surface area contributed by atoms with Gasteiger partial charge in [-0.05, 0) is 23.6 Å². The van der Waals surface area contributed by atoms with Crippen molar-refractivity contribution in [3.8, 4) is 0 Å². The number of morpholine rings is 1. The molecule has 2 heterocycles. The maximum absolute atomic E-state index is 12.9. The summed E-state index contributed by atoms with van der Waals surface area (Å²) in [5.74, 6) is -0.216. The van der Waals surface area contributed by atoms with Gasteiger partial charge in [0.1, 0.15) is 5.70 Å². The van der Waals surface area contributed by atoms with Crippen LogP contribution >= 0.6 is 11.6 Å². The standard InChI is InChI=1S/C18H21ClN2O3/c1-12(2)11-21-17(22)15(13-3-5-14(19)6-4-13)16(18(21)23)20-7-9-24-10-8-20/h3-6,12H,7-11H2,1-2H3. The fourth-order valence-electron chi connectivity index (χ4n) is 3.05. The molecular formula is C18H21ClN2O3. The van der Waals surface area contributed by atoms with Crippen LogP contribution in [-0.2, 0) is 14.3 Å². The van der Waals surface area contributed by atoms with Crippen molar-refractivity contribution in [2.75, 3.05) is 32.8 Å². The maximum Gasteiger partial charge on any atom is 0.277 e. The molecule has 128 valence electrons. The van der Waals surface area contributed by atoms with Crippen molar-refractivity contribution in [1.29, 1.82) is 0 Å². The minimum absolute atomic E-state index is 0.208. The molecule has 5 nitrogen and oxygen atoms in total. The van der Waals surface area contributed by atoms with Crippen LogP contribution in [0.3, 0.4) is 0 Å². The van der Waals surface area contributed by atoms with Crippen molar-refractivity contribution in [3.63, 3.8) is 0 Å². The number of carbonyl (C=O) groups is 2. The molecule has 0 N–H and O–H groups in total. The zero-order valence-corrected chi connectivity index (χ0v) is 14.7. The van der Waals surface area contributed by atoms with Crippen LogP contribution in [0, 0.1) is 5.92 Å². The highest BCUT2D eigenvalue weighted by Crippen LogP contribution is 2.33. The van der Waals surface area contributed by atoms with E-state index < -0.39 is 0 Å². The van der Waals surface area contributed by atoms with Gasteiger partial charge in [0, 0.05) is 24.7 Å². The number of ether oxygens (including phenoxy) is 1. The molecule has 1 fully saturated rings. The lowest BCUT2D eigenvalue weighted by molar-refractivity contribution is -0.138. The highest BCUT2D eigenvalue weighted by atomic mass is 35.5. The van der Waals surface area contributed by atoms with Crippen molar-refractivity contribution in [1.82, 2.24) is 9.80 Å². The number of carbonyl (C=O) groups excluding carboxylic acids is 2. The molecular weight excluding hydrogens is 328 g/mol. The van der Waals surface area contributed by atoms with E-state index in [0.717, 1.165) is 5.56 Å². The molecule has 0 spiro atoms. The van der Waals surface area contributed by atoms with E-state index in [9.17, 15) is 9.59 Å². The van der Waals surface area contributed by atoms with Gasteiger partial charge in [-0.25, -0.2) is 0 Å². The summed E-state index contributed by atoms with van der Waals surface area (Å²) in [5, 5.41) is 0.600. The summed E-state index contributed by atoms with van der Waals surface area (Å²) in [6.45, 7) is 6.75. The van der Waals surface area contributed by atoms with E-state index in [4.69, 9.17) is 16.3 Å². The molecule has 0 saturated carbocycles. The first-order valence-electron chi connectivity index (χ1n) is 8.18. The Hall–Kier alpha value is -1.85. The van der Waals surface area contributed by atoms with Crippen LogP contribution in [0.4, 0.5) is 0 Å². The van der Waals surface area contributed by atoms with Gasteiger partial charge >= 0.3 is 0 Å². The van der Waals surface area contributed by atoms with Gasteiger partial charge in [-0.15, -0.1) is 0 Å². The lowest BCUT2D eigenvalue weighted by Gasteiger charge is -2.29. The van der Waals surface area contributed by atoms with Gasteiger partial charge in [-0.3, -0.25) is 14.5 Å². The van der Waals surface area contributed by atoms with Crippen LogP contribution in [-0.4, -0.2) is 54.5 Å². The molecule has 2 aliphatic heterocycles. The van der Waals surface area contributed by atoms with Crippen molar-refractivity contribution < 1.29 is 14.3 Å². The summed E-state index contributed by atoms with van der Waals surface area (Å²) in [6.07, 6.45) is 0. The Morgan fingerprint density at radius 1 is 1.08 bits per heavy atom. The number of hydrogen-bond donors (Lipinski definition) is 0. The van der Waals surface area contributed by atoms with E-state index in [2.05, 4.69) is 0 Å². The van der Waals surface area contributed by atoms with Gasteiger partial charge in [0.25, 0.3) is 11.8 Å². The summed E-state index contributed by atoms with van der Waals surface area (Å²) < 4.78 is 5.38. The zero-order chi connectivity index (χ0) is 17.3. The molecule has 1 aromatic rings. The summed E-state index contributed by atoms with van der Waals surface area (Å²) in [5.41, 5.74) is 1.69. The number of rotatable bonds is 4. The number of nitrogens with zero attached hydrogens (tertiary/aromatic N) is 2. The predicted octanol–water partition coefficient (Wildman–Crippen LogP) is 2.41. The first-order chi connectivity index (χ1) is 11.5. The molecule has 0 unspecified atom stereocenters. The third kappa shape index (κ3) is 3.19. The van der Waals surface area contributed by atoms with E-state index >= 15 is 0 Å². The molecule has 2 amide bonds. The Morgan fingerprint density at radius 2 is 1.71 bits per heavy atom. The fraction of sp³-hybridized carbons (Fsp3) is 0.444. The van der Waals surface area contributed by atoms with Gasteiger partial charge < -0.3 is 9.64 Å². The third-order valence-corrected chi connectivity index (χ3v) is 4.40. The van der Waals surface area contributed by atoms with Crippen LogP contribution < -0.4 is 0 Å². The van der Waals surface area contributed by atoms with Gasteiger partial charge in [0.15, 0.2) is 0 Å². The second kappa shape index (κ2) is 6.95. The average Bonchev–Trinajstić information content (AvgIpc) is 2.81. The van der Waals surface area contributed by atoms with E-state index in [0.29, 0.717) is 49.1 Å². The van der Waals surface area contributed by atoms with Crippen LogP contribution in [0.15, 0.2) is 30.0 Å². The van der Waals surface area contributed by atoms with E-state index in [1.54, 1.807) is 24.3 Å². The largest absolute Gasteiger partial charge is 0.378 e. The Balaban J connectivity index is 2.05. The number of hydrogen-bond acceptors (Lipinski definition) is 4. The van der Waals surface area contributed by atoms with Gasteiger partial charge in [0.05, 0.1) is 18.8 Å². The van der Waals surface area contributed by atoms with Crippen molar-refractivity contribution in [3.05, 3.63) is 40.5 Å². The molecule has 0 aliphatic carbocycles. The zero-order valence-electron chi connectivity index (χ0n) is 13.9. The summed E-state index contributed by atoms with van der Waals surface area (Å²) in [4.78, 5) is 29.2. The summed E-state index contributed by atoms with van der Waals surface area (Å²) in [6, 6.07) is 7.07. The number of amides is 2. The van der Waals surface area contributed by atoms with Crippen molar-refractivity contribution in [2.45, 2.75) is 13.8 Å².